The van der Waals surface area contributed by atoms with Crippen molar-refractivity contribution in [3.8, 4) is 28.8 Å². The van der Waals surface area contributed by atoms with Gasteiger partial charge in [0, 0.05) is 37.5 Å². The minimum atomic E-state index is -0.183. The van der Waals surface area contributed by atoms with E-state index in [1.54, 1.807) is 46.0 Å². The first kappa shape index (κ1) is 21.8. The van der Waals surface area contributed by atoms with Crippen LogP contribution in [-0.2, 0) is 6.54 Å². The number of piperidine rings is 1. The summed E-state index contributed by atoms with van der Waals surface area (Å²) in [5.74, 6) is 2.46. The number of aromatic amines is 1. The third kappa shape index (κ3) is 4.72. The van der Waals surface area contributed by atoms with Gasteiger partial charge in [-0.15, -0.1) is 0 Å². The van der Waals surface area contributed by atoms with E-state index in [1.165, 1.54) is 0 Å². The number of benzene rings is 1. The number of nitrogens with one attached hydrogen (secondary N) is 1. The average Bonchev–Trinajstić information content (AvgIpc) is 2.83. The Bertz CT molecular complexity index is 1090. The highest BCUT2D eigenvalue weighted by atomic mass is 16.5. The molecule has 9 heteroatoms. The zero-order chi connectivity index (χ0) is 22.5. The number of likely N-dealkylation sites (tertiary alicyclic amines) is 1. The van der Waals surface area contributed by atoms with Crippen molar-refractivity contribution in [2.45, 2.75) is 25.3 Å². The highest BCUT2D eigenvalue weighted by Crippen LogP contribution is 2.39. The number of nitrogens with zero attached hydrogens (tertiary/aromatic N) is 4. The lowest BCUT2D eigenvalue weighted by Gasteiger charge is -2.32. The molecule has 1 saturated heterocycles. The van der Waals surface area contributed by atoms with E-state index in [1.807, 2.05) is 12.1 Å². The summed E-state index contributed by atoms with van der Waals surface area (Å²) in [4.78, 5) is 30.5. The third-order valence-electron chi connectivity index (χ3n) is 5.62. The molecule has 0 bridgehead atoms. The van der Waals surface area contributed by atoms with Crippen LogP contribution in [0.4, 0.5) is 0 Å². The lowest BCUT2D eigenvalue weighted by Crippen LogP contribution is -2.34. The van der Waals surface area contributed by atoms with Crippen LogP contribution in [0.5, 0.6) is 17.2 Å². The SMILES string of the molecule is COc1cc(CN2CCC[C@H](c3cc(=O)[nH]c(-c4cnccn4)n3)C2)cc(OC)c1OC. The van der Waals surface area contributed by atoms with E-state index in [-0.39, 0.29) is 11.5 Å². The van der Waals surface area contributed by atoms with Crippen molar-refractivity contribution in [2.75, 3.05) is 34.4 Å². The molecule has 1 aliphatic rings. The second-order valence-corrected chi connectivity index (χ2v) is 7.72. The van der Waals surface area contributed by atoms with E-state index < -0.39 is 0 Å². The van der Waals surface area contributed by atoms with Crippen molar-refractivity contribution in [3.63, 3.8) is 0 Å². The van der Waals surface area contributed by atoms with Crippen molar-refractivity contribution in [2.24, 2.45) is 0 Å². The van der Waals surface area contributed by atoms with Gasteiger partial charge in [-0.3, -0.25) is 14.7 Å². The lowest BCUT2D eigenvalue weighted by atomic mass is 9.94. The standard InChI is InChI=1S/C23H27N5O4/c1-30-19-9-15(10-20(31-2)22(19)32-3)13-28-8-4-5-16(14-28)17-11-21(29)27-23(26-17)18-12-24-6-7-25-18/h6-7,9-12,16H,4-5,8,13-14H2,1-3H3,(H,26,27,29)/t16-/m0/s1. The molecule has 1 aliphatic heterocycles. The highest BCUT2D eigenvalue weighted by molar-refractivity contribution is 5.53. The van der Waals surface area contributed by atoms with Crippen LogP contribution < -0.4 is 19.8 Å². The van der Waals surface area contributed by atoms with Gasteiger partial charge in [0.05, 0.1) is 33.2 Å². The number of hydrogen-bond donors (Lipinski definition) is 1. The zero-order valence-electron chi connectivity index (χ0n) is 18.5. The Hall–Kier alpha value is -3.46. The maximum atomic E-state index is 12.3. The minimum absolute atomic E-state index is 0.156. The molecular weight excluding hydrogens is 410 g/mol. The number of rotatable bonds is 7. The van der Waals surface area contributed by atoms with Gasteiger partial charge in [-0.1, -0.05) is 0 Å². The first-order valence-electron chi connectivity index (χ1n) is 10.5. The van der Waals surface area contributed by atoms with Crippen molar-refractivity contribution in [1.29, 1.82) is 0 Å². The molecule has 4 rings (SSSR count). The Morgan fingerprint density at radius 2 is 1.88 bits per heavy atom. The zero-order valence-corrected chi connectivity index (χ0v) is 18.5. The maximum absolute atomic E-state index is 12.3. The molecule has 1 fully saturated rings. The van der Waals surface area contributed by atoms with Gasteiger partial charge in [-0.05, 0) is 37.1 Å². The Morgan fingerprint density at radius 1 is 1.09 bits per heavy atom. The summed E-state index contributed by atoms with van der Waals surface area (Å²) < 4.78 is 16.4. The van der Waals surface area contributed by atoms with Crippen molar-refractivity contribution in [3.05, 3.63) is 58.4 Å². The number of aromatic nitrogens is 4. The Kier molecular flexibility index (Phi) is 6.65. The van der Waals surface area contributed by atoms with E-state index in [4.69, 9.17) is 19.2 Å². The van der Waals surface area contributed by atoms with Gasteiger partial charge in [0.1, 0.15) is 5.69 Å². The summed E-state index contributed by atoms with van der Waals surface area (Å²) in [6.45, 7) is 2.49. The van der Waals surface area contributed by atoms with E-state index in [2.05, 4.69) is 19.9 Å². The normalized spacial score (nSPS) is 16.5. The molecule has 32 heavy (non-hydrogen) atoms. The van der Waals surface area contributed by atoms with Gasteiger partial charge < -0.3 is 19.2 Å². The summed E-state index contributed by atoms with van der Waals surface area (Å²) >= 11 is 0. The lowest BCUT2D eigenvalue weighted by molar-refractivity contribution is 0.198. The summed E-state index contributed by atoms with van der Waals surface area (Å²) in [6, 6.07) is 5.54. The molecule has 1 N–H and O–H groups in total. The van der Waals surface area contributed by atoms with Crippen molar-refractivity contribution in [1.82, 2.24) is 24.8 Å². The Morgan fingerprint density at radius 3 is 2.53 bits per heavy atom. The first-order valence-corrected chi connectivity index (χ1v) is 10.5. The second kappa shape index (κ2) is 9.78. The smallest absolute Gasteiger partial charge is 0.251 e. The highest BCUT2D eigenvalue weighted by Gasteiger charge is 2.24. The molecule has 3 heterocycles. The van der Waals surface area contributed by atoms with Crippen molar-refractivity contribution < 1.29 is 14.2 Å². The quantitative estimate of drug-likeness (QED) is 0.602. The number of hydrogen-bond acceptors (Lipinski definition) is 8. The van der Waals surface area contributed by atoms with Crippen LogP contribution >= 0.6 is 0 Å². The van der Waals surface area contributed by atoms with Gasteiger partial charge in [0.25, 0.3) is 5.56 Å². The van der Waals surface area contributed by atoms with Gasteiger partial charge in [-0.2, -0.15) is 0 Å². The van der Waals surface area contributed by atoms with Crippen molar-refractivity contribution >= 4 is 0 Å². The fraction of sp³-hybridized carbons (Fsp3) is 0.391. The van der Waals surface area contributed by atoms with Crippen LogP contribution in [0.15, 0.2) is 41.6 Å². The molecule has 168 valence electrons. The van der Waals surface area contributed by atoms with Crippen LogP contribution in [0.3, 0.4) is 0 Å². The van der Waals surface area contributed by atoms with E-state index >= 15 is 0 Å². The van der Waals surface area contributed by atoms with Crippen LogP contribution in [-0.4, -0.2) is 59.3 Å². The first-order chi connectivity index (χ1) is 15.6. The molecule has 0 aliphatic carbocycles. The number of H-pyrrole nitrogens is 1. The van der Waals surface area contributed by atoms with E-state index in [0.29, 0.717) is 28.8 Å². The van der Waals surface area contributed by atoms with Gasteiger partial charge >= 0.3 is 0 Å². The molecule has 1 aromatic carbocycles. The topological polar surface area (TPSA) is 102 Å². The van der Waals surface area contributed by atoms with Gasteiger partial charge in [-0.25, -0.2) is 9.97 Å². The Balaban J connectivity index is 1.55. The summed E-state index contributed by atoms with van der Waals surface area (Å²) in [5, 5.41) is 0. The predicted octanol–water partition coefficient (Wildman–Crippen LogP) is 2.63. The van der Waals surface area contributed by atoms with Crippen LogP contribution in [0.1, 0.15) is 30.0 Å². The predicted molar refractivity (Wildman–Crippen MR) is 119 cm³/mol. The molecule has 0 amide bonds. The molecule has 1 atom stereocenters. The van der Waals surface area contributed by atoms with E-state index in [9.17, 15) is 4.79 Å². The molecule has 3 aromatic rings. The average molecular weight is 438 g/mol. The van der Waals surface area contributed by atoms with Crippen LogP contribution in [0.2, 0.25) is 0 Å². The summed E-state index contributed by atoms with van der Waals surface area (Å²) in [7, 11) is 4.83. The molecule has 0 unspecified atom stereocenters. The maximum Gasteiger partial charge on any atom is 0.251 e. The second-order valence-electron chi connectivity index (χ2n) is 7.72. The van der Waals surface area contributed by atoms with Crippen LogP contribution in [0.25, 0.3) is 11.5 Å². The monoisotopic (exact) mass is 437 g/mol. The molecule has 0 radical (unpaired) electrons. The van der Waals surface area contributed by atoms with Gasteiger partial charge in [0.2, 0.25) is 5.75 Å². The van der Waals surface area contributed by atoms with Crippen LogP contribution in [0, 0.1) is 0 Å². The molecule has 0 spiro atoms. The van der Waals surface area contributed by atoms with Gasteiger partial charge in [0.15, 0.2) is 17.3 Å². The molecular formula is C23H27N5O4. The number of methoxy groups -OCH3 is 3. The third-order valence-corrected chi connectivity index (χ3v) is 5.62. The molecule has 9 nitrogen and oxygen atoms in total. The minimum Gasteiger partial charge on any atom is -0.493 e. The Labute approximate surface area is 186 Å². The summed E-state index contributed by atoms with van der Waals surface area (Å²) in [5.41, 5.74) is 2.22. The fourth-order valence-electron chi connectivity index (χ4n) is 4.15. The number of ether oxygens (including phenoxy) is 3. The fourth-order valence-corrected chi connectivity index (χ4v) is 4.15. The largest absolute Gasteiger partial charge is 0.493 e. The molecule has 0 saturated carbocycles. The molecule has 2 aromatic heterocycles. The van der Waals surface area contributed by atoms with E-state index in [0.717, 1.165) is 43.7 Å². The summed E-state index contributed by atoms with van der Waals surface area (Å²) in [6.07, 6.45) is 6.77.